The molecule has 2 aliphatic carbocycles. The van der Waals surface area contributed by atoms with Gasteiger partial charge in [0.25, 0.3) is 0 Å². The van der Waals surface area contributed by atoms with Crippen molar-refractivity contribution in [2.24, 2.45) is 5.92 Å². The quantitative estimate of drug-likeness (QED) is 0.289. The monoisotopic (exact) mass is 426 g/mol. The van der Waals surface area contributed by atoms with Crippen molar-refractivity contribution in [3.63, 3.8) is 0 Å². The van der Waals surface area contributed by atoms with Crippen molar-refractivity contribution < 1.29 is 22.6 Å². The van der Waals surface area contributed by atoms with E-state index in [2.05, 4.69) is 6.92 Å². The molecule has 3 rings (SSSR count). The Balaban J connectivity index is 1.30. The smallest absolute Gasteiger partial charge is 0.194 e. The molecule has 0 N–H and O–H groups in total. The summed E-state index contributed by atoms with van der Waals surface area (Å²) in [5.74, 6) is -2.87. The molecule has 0 aliphatic heterocycles. The van der Waals surface area contributed by atoms with Crippen LogP contribution in [0.2, 0.25) is 0 Å². The van der Waals surface area contributed by atoms with Gasteiger partial charge < -0.3 is 9.47 Å². The lowest BCUT2D eigenvalue weighted by atomic mass is 9.82. The van der Waals surface area contributed by atoms with E-state index in [0.29, 0.717) is 17.6 Å². The predicted molar refractivity (Wildman–Crippen MR) is 113 cm³/mol. The first-order valence-electron chi connectivity index (χ1n) is 11.9. The maximum absolute atomic E-state index is 13.5. The lowest BCUT2D eigenvalue weighted by Crippen LogP contribution is -2.28. The molecule has 0 bridgehead atoms. The van der Waals surface area contributed by atoms with Crippen molar-refractivity contribution in [3.8, 4) is 0 Å². The normalized spacial score (nSPS) is 27.3. The lowest BCUT2D eigenvalue weighted by molar-refractivity contribution is -0.0257. The Bertz CT molecular complexity index is 612. The van der Waals surface area contributed by atoms with Crippen LogP contribution in [0.1, 0.15) is 95.5 Å². The maximum Gasteiger partial charge on any atom is 0.194 e. The minimum atomic E-state index is -1.38. The molecular formula is C25H37F3O2. The molecule has 1 aromatic carbocycles. The van der Waals surface area contributed by atoms with E-state index < -0.39 is 17.5 Å². The fraction of sp³-hybridized carbons (Fsp3) is 0.760. The average Bonchev–Trinajstić information content (AvgIpc) is 2.77. The molecule has 2 fully saturated rings. The van der Waals surface area contributed by atoms with Crippen LogP contribution in [0.5, 0.6) is 0 Å². The summed E-state index contributed by atoms with van der Waals surface area (Å²) in [5, 5.41) is 0. The van der Waals surface area contributed by atoms with Gasteiger partial charge in [0.1, 0.15) is 0 Å². The number of hydrogen-bond donors (Lipinski definition) is 0. The summed E-state index contributed by atoms with van der Waals surface area (Å²) in [6.45, 7) is 3.93. The van der Waals surface area contributed by atoms with E-state index in [4.69, 9.17) is 9.47 Å². The van der Waals surface area contributed by atoms with Crippen LogP contribution in [-0.2, 0) is 9.47 Å². The minimum Gasteiger partial charge on any atom is -0.378 e. The van der Waals surface area contributed by atoms with Gasteiger partial charge >= 0.3 is 0 Å². The number of benzene rings is 1. The molecule has 2 aliphatic rings. The number of rotatable bonds is 10. The number of hydrogen-bond acceptors (Lipinski definition) is 2. The minimum absolute atomic E-state index is 0.0827. The SMILES string of the molecule is CCCCCCOC1CCC(COC2CCC(c3cc(F)c(F)c(F)c3)CC2)CC1. The fourth-order valence-electron chi connectivity index (χ4n) is 4.89. The van der Waals surface area contributed by atoms with Gasteiger partial charge in [-0.3, -0.25) is 0 Å². The molecule has 30 heavy (non-hydrogen) atoms. The summed E-state index contributed by atoms with van der Waals surface area (Å²) in [6, 6.07) is 2.29. The average molecular weight is 427 g/mol. The topological polar surface area (TPSA) is 18.5 Å². The standard InChI is InChI=1S/C25H37F3O2/c1-2-3-4-5-14-29-21-10-6-18(7-11-21)17-30-22-12-8-19(9-13-22)20-15-23(26)25(28)24(27)16-20/h15-16,18-19,21-22H,2-14,17H2,1H3. The van der Waals surface area contributed by atoms with Crippen molar-refractivity contribution in [2.75, 3.05) is 13.2 Å². The van der Waals surface area contributed by atoms with Gasteiger partial charge in [0.15, 0.2) is 17.5 Å². The van der Waals surface area contributed by atoms with Crippen LogP contribution >= 0.6 is 0 Å². The molecule has 0 spiro atoms. The first kappa shape index (κ1) is 23.6. The maximum atomic E-state index is 13.5. The van der Waals surface area contributed by atoms with Gasteiger partial charge in [-0.15, -0.1) is 0 Å². The second kappa shape index (κ2) is 12.1. The largest absolute Gasteiger partial charge is 0.378 e. The molecule has 0 unspecified atom stereocenters. The van der Waals surface area contributed by atoms with E-state index in [-0.39, 0.29) is 12.0 Å². The van der Waals surface area contributed by atoms with Gasteiger partial charge in [-0.2, -0.15) is 0 Å². The van der Waals surface area contributed by atoms with Crippen LogP contribution in [0.3, 0.4) is 0 Å². The summed E-state index contributed by atoms with van der Waals surface area (Å²) < 4.78 is 52.4. The van der Waals surface area contributed by atoms with Crippen molar-refractivity contribution in [1.82, 2.24) is 0 Å². The van der Waals surface area contributed by atoms with Crippen LogP contribution in [0.15, 0.2) is 12.1 Å². The Morgan fingerprint density at radius 3 is 2.00 bits per heavy atom. The molecule has 2 nitrogen and oxygen atoms in total. The zero-order valence-corrected chi connectivity index (χ0v) is 18.3. The van der Waals surface area contributed by atoms with Gasteiger partial charge in [-0.05, 0) is 87.3 Å². The van der Waals surface area contributed by atoms with Crippen LogP contribution in [-0.4, -0.2) is 25.4 Å². The Labute approximate surface area is 179 Å². The third kappa shape index (κ3) is 6.98. The Hall–Kier alpha value is -1.07. The number of ether oxygens (including phenoxy) is 2. The molecule has 0 aromatic heterocycles. The second-order valence-electron chi connectivity index (χ2n) is 9.18. The van der Waals surface area contributed by atoms with Crippen LogP contribution in [0.25, 0.3) is 0 Å². The third-order valence-electron chi connectivity index (χ3n) is 6.86. The van der Waals surface area contributed by atoms with Crippen LogP contribution < -0.4 is 0 Å². The van der Waals surface area contributed by atoms with Crippen LogP contribution in [0, 0.1) is 23.4 Å². The first-order valence-corrected chi connectivity index (χ1v) is 11.9. The third-order valence-corrected chi connectivity index (χ3v) is 6.86. The molecule has 0 radical (unpaired) electrons. The summed E-state index contributed by atoms with van der Waals surface area (Å²) in [7, 11) is 0. The van der Waals surface area contributed by atoms with E-state index in [1.54, 1.807) is 0 Å². The van der Waals surface area contributed by atoms with E-state index in [1.165, 1.54) is 38.5 Å². The van der Waals surface area contributed by atoms with Gasteiger partial charge in [0, 0.05) is 13.2 Å². The van der Waals surface area contributed by atoms with Crippen molar-refractivity contribution in [3.05, 3.63) is 35.1 Å². The van der Waals surface area contributed by atoms with Gasteiger partial charge in [-0.1, -0.05) is 26.2 Å². The fourth-order valence-corrected chi connectivity index (χ4v) is 4.89. The highest BCUT2D eigenvalue weighted by atomic mass is 19.2. The molecule has 1 aromatic rings. The Morgan fingerprint density at radius 2 is 1.37 bits per heavy atom. The highest BCUT2D eigenvalue weighted by molar-refractivity contribution is 5.23. The molecular weight excluding hydrogens is 389 g/mol. The van der Waals surface area contributed by atoms with E-state index in [1.807, 2.05) is 0 Å². The molecule has 0 heterocycles. The zero-order chi connectivity index (χ0) is 21.3. The summed E-state index contributed by atoms with van der Waals surface area (Å²) in [5.41, 5.74) is 0.567. The van der Waals surface area contributed by atoms with Gasteiger partial charge in [0.2, 0.25) is 0 Å². The van der Waals surface area contributed by atoms with Crippen molar-refractivity contribution >= 4 is 0 Å². The Kier molecular flexibility index (Phi) is 9.51. The predicted octanol–water partition coefficient (Wildman–Crippen LogP) is 7.30. The number of unbranched alkanes of at least 4 members (excludes halogenated alkanes) is 3. The Morgan fingerprint density at radius 1 is 0.767 bits per heavy atom. The highest BCUT2D eigenvalue weighted by Gasteiger charge is 2.27. The molecule has 5 heteroatoms. The molecule has 170 valence electrons. The molecule has 0 saturated heterocycles. The first-order chi connectivity index (χ1) is 14.6. The van der Waals surface area contributed by atoms with Crippen molar-refractivity contribution in [2.45, 2.75) is 102 Å². The van der Waals surface area contributed by atoms with E-state index in [0.717, 1.165) is 63.9 Å². The van der Waals surface area contributed by atoms with Gasteiger partial charge in [-0.25, -0.2) is 13.2 Å². The highest BCUT2D eigenvalue weighted by Crippen LogP contribution is 2.36. The van der Waals surface area contributed by atoms with Gasteiger partial charge in [0.05, 0.1) is 12.2 Å². The van der Waals surface area contributed by atoms with E-state index in [9.17, 15) is 13.2 Å². The number of halogens is 3. The zero-order valence-electron chi connectivity index (χ0n) is 18.3. The summed E-state index contributed by atoms with van der Waals surface area (Å²) in [6.07, 6.45) is 13.7. The second-order valence-corrected chi connectivity index (χ2v) is 9.18. The van der Waals surface area contributed by atoms with Crippen LogP contribution in [0.4, 0.5) is 13.2 Å². The lowest BCUT2D eigenvalue weighted by Gasteiger charge is -2.32. The summed E-state index contributed by atoms with van der Waals surface area (Å²) in [4.78, 5) is 0. The molecule has 0 atom stereocenters. The van der Waals surface area contributed by atoms with Crippen molar-refractivity contribution in [1.29, 1.82) is 0 Å². The van der Waals surface area contributed by atoms with E-state index >= 15 is 0 Å². The summed E-state index contributed by atoms with van der Waals surface area (Å²) >= 11 is 0. The molecule has 0 amide bonds. The molecule has 2 saturated carbocycles.